The Morgan fingerprint density at radius 1 is 0.938 bits per heavy atom. The lowest BCUT2D eigenvalue weighted by molar-refractivity contribution is -0.671. The summed E-state index contributed by atoms with van der Waals surface area (Å²) < 4.78 is 1.91. The fraction of sp³-hybridized carbons (Fsp3) is 0.143. The van der Waals surface area contributed by atoms with Crippen LogP contribution >= 0.6 is 0 Å². The quantitative estimate of drug-likeness (QED) is 0.551. The fourth-order valence-corrected chi connectivity index (χ4v) is 1.52. The van der Waals surface area contributed by atoms with Crippen LogP contribution in [0.3, 0.4) is 0 Å². The van der Waals surface area contributed by atoms with Gasteiger partial charge in [0, 0.05) is 23.3 Å². The number of benzene rings is 1. The number of pyridine rings is 1. The molecular formula is C14H14NO+. The van der Waals surface area contributed by atoms with Crippen LogP contribution in [0.15, 0.2) is 48.8 Å². The number of ketones is 1. The maximum absolute atomic E-state index is 12.1. The van der Waals surface area contributed by atoms with E-state index in [0.717, 1.165) is 16.7 Å². The molecule has 0 aliphatic rings. The summed E-state index contributed by atoms with van der Waals surface area (Å²) in [7, 11) is 1.93. The fourth-order valence-electron chi connectivity index (χ4n) is 1.52. The Morgan fingerprint density at radius 3 is 2.00 bits per heavy atom. The molecule has 0 unspecified atom stereocenters. The maximum atomic E-state index is 12.1. The number of hydrogen-bond donors (Lipinski definition) is 0. The molecular weight excluding hydrogens is 198 g/mol. The molecule has 0 aliphatic heterocycles. The van der Waals surface area contributed by atoms with Crippen LogP contribution in [0.1, 0.15) is 21.5 Å². The van der Waals surface area contributed by atoms with Crippen LogP contribution in [0.2, 0.25) is 0 Å². The van der Waals surface area contributed by atoms with Crippen LogP contribution in [0, 0.1) is 6.92 Å². The molecule has 2 heteroatoms. The molecule has 80 valence electrons. The number of carbonyl (C=O) groups excluding carboxylic acids is 1. The van der Waals surface area contributed by atoms with Gasteiger partial charge >= 0.3 is 0 Å². The summed E-state index contributed by atoms with van der Waals surface area (Å²) in [5.41, 5.74) is 2.62. The smallest absolute Gasteiger partial charge is 0.193 e. The molecule has 0 fully saturated rings. The van der Waals surface area contributed by atoms with Gasteiger partial charge in [0.25, 0.3) is 0 Å². The first-order chi connectivity index (χ1) is 7.66. The third-order valence-corrected chi connectivity index (χ3v) is 2.55. The highest BCUT2D eigenvalue weighted by molar-refractivity contribution is 6.08. The Balaban J connectivity index is 2.32. The number of carbonyl (C=O) groups is 1. The van der Waals surface area contributed by atoms with E-state index in [1.54, 1.807) is 0 Å². The van der Waals surface area contributed by atoms with Crippen molar-refractivity contribution in [2.24, 2.45) is 7.05 Å². The second kappa shape index (κ2) is 4.27. The van der Waals surface area contributed by atoms with E-state index in [1.165, 1.54) is 0 Å². The van der Waals surface area contributed by atoms with E-state index in [1.807, 2.05) is 67.3 Å². The molecule has 0 aliphatic carbocycles. The number of rotatable bonds is 2. The zero-order valence-corrected chi connectivity index (χ0v) is 9.47. The van der Waals surface area contributed by atoms with E-state index in [-0.39, 0.29) is 5.78 Å². The molecule has 0 atom stereocenters. The van der Waals surface area contributed by atoms with Crippen LogP contribution in [0.4, 0.5) is 0 Å². The lowest BCUT2D eigenvalue weighted by Crippen LogP contribution is -2.26. The van der Waals surface area contributed by atoms with Crippen LogP contribution in [-0.4, -0.2) is 5.78 Å². The topological polar surface area (TPSA) is 20.9 Å². The zero-order chi connectivity index (χ0) is 11.5. The van der Waals surface area contributed by atoms with Crippen LogP contribution in [-0.2, 0) is 7.05 Å². The minimum absolute atomic E-state index is 0.0700. The van der Waals surface area contributed by atoms with E-state index in [2.05, 4.69) is 0 Å². The maximum Gasteiger partial charge on any atom is 0.193 e. The Hall–Kier alpha value is -1.96. The largest absolute Gasteiger partial charge is 0.289 e. The molecule has 16 heavy (non-hydrogen) atoms. The van der Waals surface area contributed by atoms with Crippen LogP contribution in [0.5, 0.6) is 0 Å². The van der Waals surface area contributed by atoms with Gasteiger partial charge in [-0.25, -0.2) is 4.57 Å². The van der Waals surface area contributed by atoms with Crippen molar-refractivity contribution in [1.82, 2.24) is 0 Å². The molecule has 0 saturated carbocycles. The lowest BCUT2D eigenvalue weighted by atomic mass is 10.0. The average molecular weight is 212 g/mol. The first-order valence-electron chi connectivity index (χ1n) is 5.23. The van der Waals surface area contributed by atoms with Gasteiger partial charge in [-0.2, -0.15) is 0 Å². The average Bonchev–Trinajstić information content (AvgIpc) is 2.30. The van der Waals surface area contributed by atoms with E-state index >= 15 is 0 Å². The van der Waals surface area contributed by atoms with Crippen LogP contribution in [0.25, 0.3) is 0 Å². The van der Waals surface area contributed by atoms with Crippen molar-refractivity contribution in [1.29, 1.82) is 0 Å². The van der Waals surface area contributed by atoms with Crippen molar-refractivity contribution in [3.05, 3.63) is 65.5 Å². The van der Waals surface area contributed by atoms with Gasteiger partial charge in [-0.05, 0) is 6.92 Å². The normalized spacial score (nSPS) is 10.1. The number of aryl methyl sites for hydroxylation is 2. The van der Waals surface area contributed by atoms with Gasteiger partial charge in [0.15, 0.2) is 18.2 Å². The zero-order valence-electron chi connectivity index (χ0n) is 9.47. The van der Waals surface area contributed by atoms with Gasteiger partial charge < -0.3 is 0 Å². The minimum Gasteiger partial charge on any atom is -0.289 e. The van der Waals surface area contributed by atoms with E-state index < -0.39 is 0 Å². The summed E-state index contributed by atoms with van der Waals surface area (Å²) in [4.78, 5) is 12.1. The molecule has 2 aromatic rings. The van der Waals surface area contributed by atoms with Gasteiger partial charge in [0.2, 0.25) is 0 Å². The van der Waals surface area contributed by atoms with Gasteiger partial charge in [-0.1, -0.05) is 29.8 Å². The van der Waals surface area contributed by atoms with Gasteiger partial charge in [-0.3, -0.25) is 4.79 Å². The summed E-state index contributed by atoms with van der Waals surface area (Å²) >= 11 is 0. The highest BCUT2D eigenvalue weighted by atomic mass is 16.1. The van der Waals surface area contributed by atoms with Gasteiger partial charge in [0.1, 0.15) is 7.05 Å². The van der Waals surface area contributed by atoms with E-state index in [0.29, 0.717) is 0 Å². The van der Waals surface area contributed by atoms with Crippen molar-refractivity contribution < 1.29 is 9.36 Å². The molecule has 0 N–H and O–H groups in total. The summed E-state index contributed by atoms with van der Waals surface area (Å²) in [6.45, 7) is 2.01. The molecule has 0 saturated heterocycles. The standard InChI is InChI=1S/C14H14NO/c1-11-3-5-12(6-4-11)14(16)13-7-9-15(2)10-8-13/h3-10H,1-2H3/q+1. The second-order valence-electron chi connectivity index (χ2n) is 3.95. The van der Waals surface area contributed by atoms with Crippen molar-refractivity contribution in [2.75, 3.05) is 0 Å². The van der Waals surface area contributed by atoms with Gasteiger partial charge in [0.05, 0.1) is 0 Å². The first-order valence-corrected chi connectivity index (χ1v) is 5.23. The molecule has 1 aromatic heterocycles. The number of nitrogens with zero attached hydrogens (tertiary/aromatic N) is 1. The Labute approximate surface area is 95.2 Å². The number of hydrogen-bond acceptors (Lipinski definition) is 1. The van der Waals surface area contributed by atoms with E-state index in [4.69, 9.17) is 0 Å². The Bertz CT molecular complexity index is 450. The highest BCUT2D eigenvalue weighted by Gasteiger charge is 2.09. The van der Waals surface area contributed by atoms with Gasteiger partial charge in [-0.15, -0.1) is 0 Å². The lowest BCUT2D eigenvalue weighted by Gasteiger charge is -2.00. The Morgan fingerprint density at radius 2 is 1.44 bits per heavy atom. The summed E-state index contributed by atoms with van der Waals surface area (Å²) in [6, 6.07) is 11.3. The molecule has 0 amide bonds. The summed E-state index contributed by atoms with van der Waals surface area (Å²) in [6.07, 6.45) is 3.75. The summed E-state index contributed by atoms with van der Waals surface area (Å²) in [5, 5.41) is 0. The van der Waals surface area contributed by atoms with Crippen molar-refractivity contribution >= 4 is 5.78 Å². The highest BCUT2D eigenvalue weighted by Crippen LogP contribution is 2.09. The Kier molecular flexibility index (Phi) is 2.82. The van der Waals surface area contributed by atoms with Crippen molar-refractivity contribution in [3.8, 4) is 0 Å². The third-order valence-electron chi connectivity index (χ3n) is 2.55. The molecule has 2 nitrogen and oxygen atoms in total. The van der Waals surface area contributed by atoms with Crippen molar-refractivity contribution in [3.63, 3.8) is 0 Å². The summed E-state index contributed by atoms with van der Waals surface area (Å²) in [5.74, 6) is 0.0700. The molecule has 1 heterocycles. The third kappa shape index (κ3) is 2.16. The van der Waals surface area contributed by atoms with E-state index in [9.17, 15) is 4.79 Å². The molecule has 0 bridgehead atoms. The number of aromatic nitrogens is 1. The molecule has 0 spiro atoms. The second-order valence-corrected chi connectivity index (χ2v) is 3.95. The first kappa shape index (κ1) is 10.6. The SMILES string of the molecule is Cc1ccc(C(=O)c2cc[n+](C)cc2)cc1. The molecule has 1 aromatic carbocycles. The van der Waals surface area contributed by atoms with Crippen LogP contribution < -0.4 is 4.57 Å². The predicted octanol–water partition coefficient (Wildman–Crippen LogP) is 2.05. The van der Waals surface area contributed by atoms with Crippen molar-refractivity contribution in [2.45, 2.75) is 6.92 Å². The molecule has 2 rings (SSSR count). The predicted molar refractivity (Wildman–Crippen MR) is 62.2 cm³/mol. The molecule has 0 radical (unpaired) electrons. The minimum atomic E-state index is 0.0700. The monoisotopic (exact) mass is 212 g/mol.